The van der Waals surface area contributed by atoms with Crippen LogP contribution >= 0.6 is 23.2 Å². The Morgan fingerprint density at radius 3 is 2.70 bits per heavy atom. The largest absolute Gasteiger partial charge is 0.476 e. The summed E-state index contributed by atoms with van der Waals surface area (Å²) in [5.41, 5.74) is 1.81. The van der Waals surface area contributed by atoms with Crippen LogP contribution in [0.5, 0.6) is 5.88 Å². The summed E-state index contributed by atoms with van der Waals surface area (Å²) in [6.45, 7) is 0.432. The van der Waals surface area contributed by atoms with Crippen LogP contribution in [0.25, 0.3) is 22.6 Å². The molecule has 0 spiro atoms. The van der Waals surface area contributed by atoms with Gasteiger partial charge < -0.3 is 15.0 Å². The quantitative estimate of drug-likeness (QED) is 0.268. The molecular formula is C21H17Cl2N7O3. The lowest BCUT2D eigenvalue weighted by molar-refractivity contribution is -0.386. The summed E-state index contributed by atoms with van der Waals surface area (Å²) >= 11 is 12.5. The first-order chi connectivity index (χ1) is 16.0. The summed E-state index contributed by atoms with van der Waals surface area (Å²) in [6, 6.07) is 8.05. The number of nitro groups is 1. The van der Waals surface area contributed by atoms with E-state index in [0.29, 0.717) is 57.3 Å². The number of imidazole rings is 1. The molecule has 2 N–H and O–H groups in total. The third-order valence-corrected chi connectivity index (χ3v) is 5.21. The van der Waals surface area contributed by atoms with Crippen molar-refractivity contribution in [1.29, 1.82) is 0 Å². The molecule has 168 valence electrons. The molecule has 0 aliphatic rings. The highest BCUT2D eigenvalue weighted by atomic mass is 35.5. The van der Waals surface area contributed by atoms with Gasteiger partial charge in [0.2, 0.25) is 0 Å². The van der Waals surface area contributed by atoms with Crippen LogP contribution < -0.4 is 10.1 Å². The summed E-state index contributed by atoms with van der Waals surface area (Å²) in [4.78, 5) is 31.1. The Bertz CT molecular complexity index is 1300. The number of hydrogen-bond donors (Lipinski definition) is 2. The standard InChI is InChI=1S/C21H17Cl2N7O3/c1-33-21-16(30(31)32)4-5-17(29-21)24-7-6-18-27-11-14(20-25-8-9-26-20)19(28-18)13-3-2-12(22)10-15(13)23/h2-5,8-11H,6-7H2,1H3,(H,24,29)(H,25,26). The number of H-pyrrole nitrogens is 1. The third kappa shape index (κ3) is 5.02. The maximum atomic E-state index is 11.0. The maximum absolute atomic E-state index is 11.0. The molecule has 0 aliphatic carbocycles. The van der Waals surface area contributed by atoms with Crippen LogP contribution in [0.3, 0.4) is 0 Å². The predicted molar refractivity (Wildman–Crippen MR) is 125 cm³/mol. The molecule has 0 amide bonds. The van der Waals surface area contributed by atoms with Crippen LogP contribution in [0, 0.1) is 10.1 Å². The second kappa shape index (κ2) is 9.80. The fourth-order valence-corrected chi connectivity index (χ4v) is 3.63. The van der Waals surface area contributed by atoms with Crippen LogP contribution in [0.1, 0.15) is 5.82 Å². The Morgan fingerprint density at radius 1 is 1.15 bits per heavy atom. The SMILES string of the molecule is COc1nc(NCCc2ncc(-c3ncc[nH]3)c(-c3ccc(Cl)cc3Cl)n2)ccc1[N+](=O)[O-]. The molecule has 0 fully saturated rings. The van der Waals surface area contributed by atoms with Crippen LogP contribution in [-0.4, -0.2) is 43.5 Å². The number of aromatic nitrogens is 5. The number of benzene rings is 1. The van der Waals surface area contributed by atoms with Crippen molar-refractivity contribution in [3.8, 4) is 28.5 Å². The van der Waals surface area contributed by atoms with Gasteiger partial charge in [0, 0.05) is 48.2 Å². The Morgan fingerprint density at radius 2 is 2.00 bits per heavy atom. The van der Waals surface area contributed by atoms with Gasteiger partial charge in [0.1, 0.15) is 17.5 Å². The highest BCUT2D eigenvalue weighted by Crippen LogP contribution is 2.34. The normalized spacial score (nSPS) is 10.8. The first-order valence-corrected chi connectivity index (χ1v) is 10.5. The summed E-state index contributed by atoms with van der Waals surface area (Å²) in [5, 5.41) is 15.1. The molecule has 1 aromatic carbocycles. The van der Waals surface area contributed by atoms with Crippen molar-refractivity contribution in [3.05, 3.63) is 74.9 Å². The van der Waals surface area contributed by atoms with E-state index >= 15 is 0 Å². The highest BCUT2D eigenvalue weighted by Gasteiger charge is 2.18. The van der Waals surface area contributed by atoms with Gasteiger partial charge in [-0.15, -0.1) is 0 Å². The predicted octanol–water partition coefficient (Wildman–Crippen LogP) is 4.81. The van der Waals surface area contributed by atoms with E-state index in [0.717, 1.165) is 0 Å². The van der Waals surface area contributed by atoms with Crippen LogP contribution in [0.15, 0.2) is 48.9 Å². The third-order valence-electron chi connectivity index (χ3n) is 4.66. The highest BCUT2D eigenvalue weighted by molar-refractivity contribution is 6.36. The number of rotatable bonds is 8. The average Bonchev–Trinajstić information content (AvgIpc) is 3.33. The molecule has 10 nitrogen and oxygen atoms in total. The number of pyridine rings is 1. The van der Waals surface area contributed by atoms with Crippen molar-refractivity contribution < 1.29 is 9.66 Å². The number of ether oxygens (including phenoxy) is 1. The lowest BCUT2D eigenvalue weighted by Gasteiger charge is -2.11. The topological polar surface area (TPSA) is 132 Å². The summed E-state index contributed by atoms with van der Waals surface area (Å²) in [5.74, 6) is 1.55. The van der Waals surface area contributed by atoms with Crippen molar-refractivity contribution in [2.45, 2.75) is 6.42 Å². The monoisotopic (exact) mass is 485 g/mol. The molecule has 4 rings (SSSR count). The lowest BCUT2D eigenvalue weighted by Crippen LogP contribution is -2.10. The lowest BCUT2D eigenvalue weighted by atomic mass is 10.1. The van der Waals surface area contributed by atoms with Gasteiger partial charge in [-0.25, -0.2) is 15.0 Å². The molecule has 4 aromatic rings. The van der Waals surface area contributed by atoms with E-state index in [1.807, 2.05) is 0 Å². The Hall–Kier alpha value is -3.76. The van der Waals surface area contributed by atoms with Gasteiger partial charge in [-0.2, -0.15) is 4.98 Å². The van der Waals surface area contributed by atoms with Crippen molar-refractivity contribution >= 4 is 34.7 Å². The van der Waals surface area contributed by atoms with E-state index in [9.17, 15) is 10.1 Å². The van der Waals surface area contributed by atoms with Crippen LogP contribution in [-0.2, 0) is 6.42 Å². The smallest absolute Gasteiger partial charge is 0.331 e. The number of nitrogens with zero attached hydrogens (tertiary/aromatic N) is 5. The summed E-state index contributed by atoms with van der Waals surface area (Å²) in [7, 11) is 1.33. The fourth-order valence-electron chi connectivity index (χ4n) is 3.13. The van der Waals surface area contributed by atoms with E-state index in [4.69, 9.17) is 32.9 Å². The Kier molecular flexibility index (Phi) is 6.66. The first-order valence-electron chi connectivity index (χ1n) is 9.70. The molecular weight excluding hydrogens is 469 g/mol. The maximum Gasteiger partial charge on any atom is 0.331 e. The summed E-state index contributed by atoms with van der Waals surface area (Å²) < 4.78 is 5.00. The number of aromatic amines is 1. The molecule has 0 unspecified atom stereocenters. The van der Waals surface area contributed by atoms with Gasteiger partial charge in [0.05, 0.1) is 28.3 Å². The number of anilines is 1. The number of halogens is 2. The number of hydrogen-bond acceptors (Lipinski definition) is 8. The van der Waals surface area contributed by atoms with Gasteiger partial charge in [-0.05, 0) is 24.3 Å². The van der Waals surface area contributed by atoms with Crippen molar-refractivity contribution in [2.75, 3.05) is 19.0 Å². The molecule has 0 atom stereocenters. The van der Waals surface area contributed by atoms with E-state index in [1.54, 1.807) is 36.8 Å². The minimum absolute atomic E-state index is 0.0660. The second-order valence-electron chi connectivity index (χ2n) is 6.77. The average molecular weight is 486 g/mol. The van der Waals surface area contributed by atoms with Gasteiger partial charge in [-0.3, -0.25) is 10.1 Å². The van der Waals surface area contributed by atoms with Gasteiger partial charge in [0.15, 0.2) is 0 Å². The van der Waals surface area contributed by atoms with Crippen molar-refractivity contribution in [2.24, 2.45) is 0 Å². The molecule has 0 radical (unpaired) electrons. The molecule has 0 saturated heterocycles. The van der Waals surface area contributed by atoms with E-state index in [-0.39, 0.29) is 11.6 Å². The van der Waals surface area contributed by atoms with Crippen molar-refractivity contribution in [1.82, 2.24) is 24.9 Å². The zero-order valence-electron chi connectivity index (χ0n) is 17.2. The zero-order chi connectivity index (χ0) is 23.4. The molecule has 12 heteroatoms. The molecule has 3 heterocycles. The van der Waals surface area contributed by atoms with Crippen molar-refractivity contribution in [3.63, 3.8) is 0 Å². The molecule has 3 aromatic heterocycles. The van der Waals surface area contributed by atoms with E-state index in [1.165, 1.54) is 19.2 Å². The number of nitrogens with one attached hydrogen (secondary N) is 2. The van der Waals surface area contributed by atoms with Gasteiger partial charge in [-0.1, -0.05) is 23.2 Å². The Balaban J connectivity index is 1.57. The molecule has 0 bridgehead atoms. The minimum Gasteiger partial charge on any atom is -0.476 e. The second-order valence-corrected chi connectivity index (χ2v) is 7.61. The molecule has 0 aliphatic heterocycles. The molecule has 33 heavy (non-hydrogen) atoms. The van der Waals surface area contributed by atoms with Crippen LogP contribution in [0.2, 0.25) is 10.0 Å². The minimum atomic E-state index is -0.548. The van der Waals surface area contributed by atoms with E-state index in [2.05, 4.69) is 25.3 Å². The fraction of sp³-hybridized carbons (Fsp3) is 0.143. The zero-order valence-corrected chi connectivity index (χ0v) is 18.8. The van der Waals surface area contributed by atoms with Gasteiger partial charge in [0.25, 0.3) is 5.88 Å². The molecule has 0 saturated carbocycles. The Labute approximate surface area is 198 Å². The van der Waals surface area contributed by atoms with Crippen LogP contribution in [0.4, 0.5) is 11.5 Å². The summed E-state index contributed by atoms with van der Waals surface area (Å²) in [6.07, 6.45) is 5.50. The van der Waals surface area contributed by atoms with E-state index < -0.39 is 4.92 Å². The van der Waals surface area contributed by atoms with Gasteiger partial charge >= 0.3 is 5.69 Å². The first kappa shape index (κ1) is 22.4. The number of methoxy groups -OCH3 is 1.